The summed E-state index contributed by atoms with van der Waals surface area (Å²) in [7, 11) is 0. The van der Waals surface area contributed by atoms with E-state index in [1.54, 1.807) is 6.26 Å². The Hall–Kier alpha value is -2.40. The van der Waals surface area contributed by atoms with Crippen molar-refractivity contribution in [2.24, 2.45) is 0 Å². The minimum absolute atomic E-state index is 0.667. The number of aromatic amines is 1. The van der Waals surface area contributed by atoms with E-state index in [1.807, 2.05) is 30.6 Å². The number of rotatable bonds is 3. The van der Waals surface area contributed by atoms with Gasteiger partial charge in [0.2, 0.25) is 0 Å². The number of H-pyrrole nitrogens is 1. The van der Waals surface area contributed by atoms with Crippen molar-refractivity contribution in [1.29, 1.82) is 0 Å². The highest BCUT2D eigenvalue weighted by atomic mass is 16.3. The molecule has 0 saturated heterocycles. The van der Waals surface area contributed by atoms with Crippen molar-refractivity contribution in [2.75, 3.05) is 6.54 Å². The molecule has 3 aromatic heterocycles. The number of hydrogen-bond acceptors (Lipinski definition) is 4. The second kappa shape index (κ2) is 5.18. The van der Waals surface area contributed by atoms with Gasteiger partial charge >= 0.3 is 0 Å². The highest BCUT2D eigenvalue weighted by Crippen LogP contribution is 2.22. The molecule has 1 aliphatic rings. The summed E-state index contributed by atoms with van der Waals surface area (Å²) in [4.78, 5) is 14.7. The second-order valence-electron chi connectivity index (χ2n) is 5.30. The molecule has 5 heteroatoms. The standard InChI is InChI=1S/C16H16N4O/c1-3-13(17-6-1)10-20-7-5-12-9-18-16(19-14(12)11-20)15-4-2-8-21-15/h1-4,6,8-9,17H,5,7,10-11H2. The van der Waals surface area contributed by atoms with Crippen LogP contribution in [0.4, 0.5) is 0 Å². The van der Waals surface area contributed by atoms with Crippen molar-refractivity contribution in [1.82, 2.24) is 19.9 Å². The number of aromatic nitrogens is 3. The van der Waals surface area contributed by atoms with E-state index in [0.29, 0.717) is 5.82 Å². The topological polar surface area (TPSA) is 58.0 Å². The van der Waals surface area contributed by atoms with Crippen LogP contribution in [0.15, 0.2) is 47.3 Å². The maximum Gasteiger partial charge on any atom is 0.195 e. The lowest BCUT2D eigenvalue weighted by Crippen LogP contribution is -2.31. The molecule has 0 unspecified atom stereocenters. The van der Waals surface area contributed by atoms with E-state index in [1.165, 1.54) is 11.3 Å². The smallest absolute Gasteiger partial charge is 0.195 e. The van der Waals surface area contributed by atoms with Gasteiger partial charge in [-0.15, -0.1) is 0 Å². The zero-order valence-electron chi connectivity index (χ0n) is 11.6. The van der Waals surface area contributed by atoms with E-state index in [2.05, 4.69) is 25.9 Å². The van der Waals surface area contributed by atoms with Crippen molar-refractivity contribution in [2.45, 2.75) is 19.5 Å². The Bertz CT molecular complexity index is 719. The molecule has 1 aliphatic heterocycles. The molecule has 21 heavy (non-hydrogen) atoms. The largest absolute Gasteiger partial charge is 0.461 e. The number of nitrogens with zero attached hydrogens (tertiary/aromatic N) is 3. The van der Waals surface area contributed by atoms with Gasteiger partial charge in [-0.3, -0.25) is 4.90 Å². The fraction of sp³-hybridized carbons (Fsp3) is 0.250. The van der Waals surface area contributed by atoms with Crippen molar-refractivity contribution in [3.63, 3.8) is 0 Å². The van der Waals surface area contributed by atoms with Gasteiger partial charge in [0.1, 0.15) is 0 Å². The third kappa shape index (κ3) is 2.48. The van der Waals surface area contributed by atoms with Crippen LogP contribution in [-0.2, 0) is 19.5 Å². The molecule has 5 nitrogen and oxygen atoms in total. The van der Waals surface area contributed by atoms with Crippen molar-refractivity contribution < 1.29 is 4.42 Å². The Kier molecular flexibility index (Phi) is 3.05. The van der Waals surface area contributed by atoms with Gasteiger partial charge in [-0.05, 0) is 36.2 Å². The second-order valence-corrected chi connectivity index (χ2v) is 5.30. The van der Waals surface area contributed by atoms with Gasteiger partial charge < -0.3 is 9.40 Å². The molecular weight excluding hydrogens is 264 g/mol. The zero-order valence-corrected chi connectivity index (χ0v) is 11.6. The molecule has 1 N–H and O–H groups in total. The fourth-order valence-corrected chi connectivity index (χ4v) is 2.72. The Balaban J connectivity index is 1.57. The van der Waals surface area contributed by atoms with Crippen molar-refractivity contribution >= 4 is 0 Å². The van der Waals surface area contributed by atoms with Crippen LogP contribution in [0.25, 0.3) is 11.6 Å². The maximum absolute atomic E-state index is 5.38. The summed E-state index contributed by atoms with van der Waals surface area (Å²) in [6.07, 6.45) is 6.54. The van der Waals surface area contributed by atoms with Crippen LogP contribution in [-0.4, -0.2) is 26.4 Å². The molecule has 0 spiro atoms. The van der Waals surface area contributed by atoms with Crippen LogP contribution in [0.1, 0.15) is 17.0 Å². The first-order valence-corrected chi connectivity index (χ1v) is 7.12. The first-order valence-electron chi connectivity index (χ1n) is 7.12. The normalized spacial score (nSPS) is 15.0. The van der Waals surface area contributed by atoms with E-state index in [9.17, 15) is 0 Å². The summed E-state index contributed by atoms with van der Waals surface area (Å²) in [5.41, 5.74) is 3.58. The molecule has 0 saturated carbocycles. The highest BCUT2D eigenvalue weighted by Gasteiger charge is 2.19. The Morgan fingerprint density at radius 1 is 1.29 bits per heavy atom. The zero-order chi connectivity index (χ0) is 14.1. The minimum atomic E-state index is 0.667. The summed E-state index contributed by atoms with van der Waals surface area (Å²) in [6.45, 7) is 2.81. The summed E-state index contributed by atoms with van der Waals surface area (Å²) >= 11 is 0. The number of hydrogen-bond donors (Lipinski definition) is 1. The lowest BCUT2D eigenvalue weighted by atomic mass is 10.1. The van der Waals surface area contributed by atoms with Gasteiger partial charge in [-0.1, -0.05) is 0 Å². The lowest BCUT2D eigenvalue weighted by Gasteiger charge is -2.27. The van der Waals surface area contributed by atoms with Crippen LogP contribution < -0.4 is 0 Å². The van der Waals surface area contributed by atoms with Crippen LogP contribution in [0, 0.1) is 0 Å². The fourth-order valence-electron chi connectivity index (χ4n) is 2.72. The molecule has 0 atom stereocenters. The Labute approximate surface area is 122 Å². The summed E-state index contributed by atoms with van der Waals surface area (Å²) < 4.78 is 5.38. The molecule has 4 rings (SSSR count). The number of fused-ring (bicyclic) bond motifs is 1. The van der Waals surface area contributed by atoms with Gasteiger partial charge in [0.15, 0.2) is 11.6 Å². The molecule has 0 radical (unpaired) electrons. The van der Waals surface area contributed by atoms with Gasteiger partial charge in [-0.2, -0.15) is 0 Å². The lowest BCUT2D eigenvalue weighted by molar-refractivity contribution is 0.239. The van der Waals surface area contributed by atoms with E-state index >= 15 is 0 Å². The quantitative estimate of drug-likeness (QED) is 0.801. The highest BCUT2D eigenvalue weighted by molar-refractivity contribution is 5.46. The van der Waals surface area contributed by atoms with Crippen molar-refractivity contribution in [3.8, 4) is 11.6 Å². The molecule has 0 aromatic carbocycles. The van der Waals surface area contributed by atoms with E-state index in [-0.39, 0.29) is 0 Å². The first kappa shape index (κ1) is 12.3. The van der Waals surface area contributed by atoms with Gasteiger partial charge in [0.05, 0.1) is 12.0 Å². The molecule has 0 amide bonds. The number of nitrogens with one attached hydrogen (secondary N) is 1. The van der Waals surface area contributed by atoms with Crippen LogP contribution in [0.3, 0.4) is 0 Å². The van der Waals surface area contributed by atoms with Gasteiger partial charge in [-0.25, -0.2) is 9.97 Å². The van der Waals surface area contributed by atoms with Crippen molar-refractivity contribution in [3.05, 3.63) is 59.9 Å². The summed E-state index contributed by atoms with van der Waals surface area (Å²) in [5.74, 6) is 1.39. The average Bonchev–Trinajstić information content (AvgIpc) is 3.20. The molecule has 0 aliphatic carbocycles. The molecule has 3 aromatic rings. The summed E-state index contributed by atoms with van der Waals surface area (Å²) in [6, 6.07) is 7.89. The van der Waals surface area contributed by atoms with E-state index < -0.39 is 0 Å². The predicted molar refractivity (Wildman–Crippen MR) is 78.3 cm³/mol. The Morgan fingerprint density at radius 2 is 2.29 bits per heavy atom. The van der Waals surface area contributed by atoms with E-state index in [0.717, 1.165) is 37.5 Å². The first-order chi connectivity index (χ1) is 10.4. The van der Waals surface area contributed by atoms with Gasteiger partial charge in [0, 0.05) is 37.7 Å². The number of furan rings is 1. The molecule has 0 bridgehead atoms. The minimum Gasteiger partial charge on any atom is -0.461 e. The summed E-state index contributed by atoms with van der Waals surface area (Å²) in [5, 5.41) is 0. The van der Waals surface area contributed by atoms with E-state index in [4.69, 9.17) is 4.42 Å². The maximum atomic E-state index is 5.38. The average molecular weight is 280 g/mol. The van der Waals surface area contributed by atoms with Crippen LogP contribution in [0.2, 0.25) is 0 Å². The monoisotopic (exact) mass is 280 g/mol. The molecule has 106 valence electrons. The third-order valence-electron chi connectivity index (χ3n) is 3.82. The molecule has 4 heterocycles. The van der Waals surface area contributed by atoms with Crippen LogP contribution >= 0.6 is 0 Å². The SMILES string of the molecule is c1c[nH]c(CN2CCc3cnc(-c4ccco4)nc3C2)c1. The molecular formula is C16H16N4O. The predicted octanol–water partition coefficient (Wildman–Crippen LogP) is 2.62. The van der Waals surface area contributed by atoms with Crippen LogP contribution in [0.5, 0.6) is 0 Å². The molecule has 0 fully saturated rings. The Morgan fingerprint density at radius 3 is 3.10 bits per heavy atom. The third-order valence-corrected chi connectivity index (χ3v) is 3.82. The van der Waals surface area contributed by atoms with Gasteiger partial charge in [0.25, 0.3) is 0 Å².